The van der Waals surface area contributed by atoms with E-state index >= 15 is 0 Å². The van der Waals surface area contributed by atoms with Crippen LogP contribution in [0.4, 0.5) is 5.69 Å². The minimum atomic E-state index is -0.411. The van der Waals surface area contributed by atoms with Crippen LogP contribution in [0.5, 0.6) is 0 Å². The molecule has 1 heterocycles. The highest BCUT2D eigenvalue weighted by molar-refractivity contribution is 5.99. The van der Waals surface area contributed by atoms with Crippen molar-refractivity contribution >= 4 is 11.6 Å². The molecule has 1 aliphatic rings. The Morgan fingerprint density at radius 1 is 1.45 bits per heavy atom. The van der Waals surface area contributed by atoms with E-state index in [2.05, 4.69) is 10.6 Å². The van der Waals surface area contributed by atoms with E-state index in [0.29, 0.717) is 11.6 Å². The van der Waals surface area contributed by atoms with Gasteiger partial charge in [0.05, 0.1) is 17.4 Å². The Morgan fingerprint density at radius 2 is 2.15 bits per heavy atom. The van der Waals surface area contributed by atoms with Gasteiger partial charge >= 0.3 is 0 Å². The van der Waals surface area contributed by atoms with Crippen LogP contribution in [0.2, 0.25) is 0 Å². The number of rotatable bonds is 5. The Morgan fingerprint density at radius 3 is 2.75 bits per heavy atom. The Balaban J connectivity index is 2.32. The number of benzene rings is 1. The van der Waals surface area contributed by atoms with Gasteiger partial charge in [-0.15, -0.1) is 0 Å². The van der Waals surface area contributed by atoms with Crippen LogP contribution in [-0.4, -0.2) is 32.1 Å². The fraction of sp³-hybridized carbons (Fsp3) is 0.533. The zero-order valence-electron chi connectivity index (χ0n) is 12.1. The van der Waals surface area contributed by atoms with Gasteiger partial charge in [0.1, 0.15) is 0 Å². The molecule has 1 fully saturated rings. The fourth-order valence-electron chi connectivity index (χ4n) is 2.57. The van der Waals surface area contributed by atoms with Gasteiger partial charge in [-0.25, -0.2) is 0 Å². The molecule has 0 aliphatic carbocycles. The van der Waals surface area contributed by atoms with Crippen molar-refractivity contribution in [3.63, 3.8) is 0 Å². The van der Waals surface area contributed by atoms with Gasteiger partial charge in [-0.2, -0.15) is 0 Å². The average Bonchev–Trinajstić information content (AvgIpc) is 2.47. The zero-order valence-corrected chi connectivity index (χ0v) is 12.1. The van der Waals surface area contributed by atoms with Gasteiger partial charge in [0.25, 0.3) is 5.91 Å². The lowest BCUT2D eigenvalue weighted by Gasteiger charge is -2.28. The summed E-state index contributed by atoms with van der Waals surface area (Å²) >= 11 is 0. The number of carbonyl (C=O) groups excluding carboxylic acids is 1. The third kappa shape index (κ3) is 3.29. The molecule has 2 rings (SSSR count). The first-order valence-corrected chi connectivity index (χ1v) is 7.06. The highest BCUT2D eigenvalue weighted by Gasteiger charge is 2.20. The number of anilines is 1. The summed E-state index contributed by atoms with van der Waals surface area (Å²) in [7, 11) is 1.66. The number of hydrogen-bond donors (Lipinski definition) is 3. The van der Waals surface area contributed by atoms with E-state index in [1.165, 1.54) is 0 Å². The van der Waals surface area contributed by atoms with E-state index in [1.807, 2.05) is 19.1 Å². The quantitative estimate of drug-likeness (QED) is 0.765. The van der Waals surface area contributed by atoms with Crippen LogP contribution in [0.3, 0.4) is 0 Å². The first kappa shape index (κ1) is 14.8. The second kappa shape index (κ2) is 6.72. The van der Waals surface area contributed by atoms with Crippen LogP contribution >= 0.6 is 0 Å². The molecule has 0 saturated carbocycles. The van der Waals surface area contributed by atoms with Crippen LogP contribution in [0.1, 0.15) is 41.8 Å². The van der Waals surface area contributed by atoms with Gasteiger partial charge in [0.2, 0.25) is 0 Å². The lowest BCUT2D eigenvalue weighted by Crippen LogP contribution is -2.36. The van der Waals surface area contributed by atoms with Crippen molar-refractivity contribution in [1.82, 2.24) is 5.32 Å². The fourth-order valence-corrected chi connectivity index (χ4v) is 2.57. The predicted molar refractivity (Wildman–Crippen MR) is 79.9 cm³/mol. The van der Waals surface area contributed by atoms with Gasteiger partial charge in [-0.05, 0) is 38.9 Å². The van der Waals surface area contributed by atoms with Crippen molar-refractivity contribution < 1.29 is 9.53 Å². The highest BCUT2D eigenvalue weighted by atomic mass is 16.5. The minimum Gasteiger partial charge on any atom is -0.381 e. The largest absolute Gasteiger partial charge is 0.381 e. The normalized spacial score (nSPS) is 17.7. The van der Waals surface area contributed by atoms with E-state index in [-0.39, 0.29) is 6.10 Å². The van der Waals surface area contributed by atoms with Gasteiger partial charge in [0, 0.05) is 18.7 Å². The number of nitrogens with one attached hydrogen (secondary N) is 2. The molecule has 1 aliphatic heterocycles. The maximum atomic E-state index is 11.7. The summed E-state index contributed by atoms with van der Waals surface area (Å²) < 4.78 is 5.40. The van der Waals surface area contributed by atoms with Gasteiger partial charge in [-0.1, -0.05) is 12.1 Å². The Labute approximate surface area is 119 Å². The smallest absolute Gasteiger partial charge is 0.250 e. The third-order valence-corrected chi connectivity index (χ3v) is 3.84. The molecule has 0 spiro atoms. The summed E-state index contributed by atoms with van der Waals surface area (Å²) in [6, 6.07) is 5.94. The standard InChI is InChI=1S/C15H23N3O2/c1-10(20-2)12-4-3-5-13(15(16)19)14(12)18-11-6-8-17-9-7-11/h3-5,10-11,17-18H,6-9H2,1-2H3,(H2,16,19). The second-order valence-corrected chi connectivity index (χ2v) is 5.18. The lowest BCUT2D eigenvalue weighted by molar-refractivity contribution is 0.1000. The van der Waals surface area contributed by atoms with E-state index in [0.717, 1.165) is 37.2 Å². The number of methoxy groups -OCH3 is 1. The summed E-state index contributed by atoms with van der Waals surface area (Å²) in [6.45, 7) is 3.95. The number of para-hydroxylation sites is 1. The molecule has 20 heavy (non-hydrogen) atoms. The molecule has 5 heteroatoms. The molecule has 1 amide bonds. The van der Waals surface area contributed by atoms with Crippen LogP contribution in [0.25, 0.3) is 0 Å². The summed E-state index contributed by atoms with van der Waals surface area (Å²) in [5.74, 6) is -0.411. The van der Waals surface area contributed by atoms with Crippen molar-refractivity contribution in [2.24, 2.45) is 5.73 Å². The van der Waals surface area contributed by atoms with E-state index in [4.69, 9.17) is 10.5 Å². The van der Waals surface area contributed by atoms with Gasteiger partial charge in [0.15, 0.2) is 0 Å². The number of carbonyl (C=O) groups is 1. The lowest BCUT2D eigenvalue weighted by atomic mass is 9.99. The Hall–Kier alpha value is -1.59. The van der Waals surface area contributed by atoms with E-state index in [1.54, 1.807) is 13.2 Å². The summed E-state index contributed by atoms with van der Waals surface area (Å²) in [5.41, 5.74) is 7.83. The summed E-state index contributed by atoms with van der Waals surface area (Å²) in [6.07, 6.45) is 1.99. The molecular weight excluding hydrogens is 254 g/mol. The topological polar surface area (TPSA) is 76.4 Å². The maximum Gasteiger partial charge on any atom is 0.250 e. The second-order valence-electron chi connectivity index (χ2n) is 5.18. The SMILES string of the molecule is COC(C)c1cccc(C(N)=O)c1NC1CCNCC1. The molecule has 1 aromatic rings. The van der Waals surface area contributed by atoms with Crippen LogP contribution < -0.4 is 16.4 Å². The van der Waals surface area contributed by atoms with Crippen molar-refractivity contribution in [2.75, 3.05) is 25.5 Å². The molecule has 1 aromatic carbocycles. The number of nitrogens with two attached hydrogens (primary N) is 1. The molecule has 0 radical (unpaired) electrons. The first-order valence-electron chi connectivity index (χ1n) is 7.06. The number of primary amides is 1. The van der Waals surface area contributed by atoms with Crippen molar-refractivity contribution in [3.8, 4) is 0 Å². The van der Waals surface area contributed by atoms with Gasteiger partial charge < -0.3 is 21.1 Å². The molecule has 0 bridgehead atoms. The van der Waals surface area contributed by atoms with Crippen LogP contribution in [0.15, 0.2) is 18.2 Å². The number of hydrogen-bond acceptors (Lipinski definition) is 4. The predicted octanol–water partition coefficient (Wildman–Crippen LogP) is 1.66. The minimum absolute atomic E-state index is 0.0847. The zero-order chi connectivity index (χ0) is 14.5. The maximum absolute atomic E-state index is 11.7. The molecule has 110 valence electrons. The van der Waals surface area contributed by atoms with Crippen LogP contribution in [-0.2, 0) is 4.74 Å². The first-order chi connectivity index (χ1) is 9.63. The van der Waals surface area contributed by atoms with Crippen LogP contribution in [0, 0.1) is 0 Å². The van der Waals surface area contributed by atoms with E-state index < -0.39 is 5.91 Å². The molecular formula is C15H23N3O2. The Bertz CT molecular complexity index is 470. The number of ether oxygens (including phenoxy) is 1. The Kier molecular flexibility index (Phi) is 4.98. The monoisotopic (exact) mass is 277 g/mol. The third-order valence-electron chi connectivity index (χ3n) is 3.84. The van der Waals surface area contributed by atoms with E-state index in [9.17, 15) is 4.79 Å². The number of piperidine rings is 1. The van der Waals surface area contributed by atoms with Crippen molar-refractivity contribution in [1.29, 1.82) is 0 Å². The summed E-state index contributed by atoms with van der Waals surface area (Å²) in [4.78, 5) is 11.7. The van der Waals surface area contributed by atoms with Crippen molar-refractivity contribution in [2.45, 2.75) is 31.9 Å². The molecule has 5 nitrogen and oxygen atoms in total. The van der Waals surface area contributed by atoms with Crippen molar-refractivity contribution in [3.05, 3.63) is 29.3 Å². The highest BCUT2D eigenvalue weighted by Crippen LogP contribution is 2.30. The molecule has 1 unspecified atom stereocenters. The summed E-state index contributed by atoms with van der Waals surface area (Å²) in [5, 5.41) is 6.82. The molecule has 4 N–H and O–H groups in total. The average molecular weight is 277 g/mol. The molecule has 1 saturated heterocycles. The van der Waals surface area contributed by atoms with Gasteiger partial charge in [-0.3, -0.25) is 4.79 Å². The number of amides is 1. The molecule has 1 atom stereocenters. The molecule has 0 aromatic heterocycles.